The zero-order valence-electron chi connectivity index (χ0n) is 31.0. The van der Waals surface area contributed by atoms with Crippen LogP contribution >= 0.6 is 11.6 Å². The van der Waals surface area contributed by atoms with Gasteiger partial charge < -0.3 is 18.8 Å². The third kappa shape index (κ3) is 6.87. The van der Waals surface area contributed by atoms with Crippen LogP contribution in [0.3, 0.4) is 0 Å². The highest BCUT2D eigenvalue weighted by Crippen LogP contribution is 2.45. The zero-order valence-corrected chi connectivity index (χ0v) is 32.8. The van der Waals surface area contributed by atoms with Gasteiger partial charge in [-0.2, -0.15) is 9.97 Å². The summed E-state index contributed by atoms with van der Waals surface area (Å²) in [5.74, 6) is -0.188. The van der Waals surface area contributed by atoms with Crippen molar-refractivity contribution in [2.45, 2.75) is 96.4 Å². The zero-order chi connectivity index (χ0) is 36.9. The molecule has 2 aromatic heterocycles. The van der Waals surface area contributed by atoms with Gasteiger partial charge in [-0.25, -0.2) is 14.2 Å². The maximum atomic E-state index is 15.6. The Bertz CT molecular complexity index is 1870. The number of amides is 1. The monoisotopic (exact) mass is 745 g/mol. The van der Waals surface area contributed by atoms with Crippen LogP contribution in [0.15, 0.2) is 66.9 Å². The van der Waals surface area contributed by atoms with E-state index in [1.54, 1.807) is 0 Å². The maximum absolute atomic E-state index is 15.6. The van der Waals surface area contributed by atoms with Crippen molar-refractivity contribution < 1.29 is 23.1 Å². The lowest BCUT2D eigenvalue weighted by Crippen LogP contribution is -2.67. The number of rotatable bonds is 9. The highest BCUT2D eigenvalue weighted by molar-refractivity contribution is 6.99. The molecule has 276 valence electrons. The van der Waals surface area contributed by atoms with Crippen LogP contribution in [0.4, 0.5) is 15.0 Å². The number of carbonyl (C=O) groups excluding carboxylic acids is 1. The van der Waals surface area contributed by atoms with Crippen LogP contribution < -0.4 is 20.0 Å². The molecule has 2 aromatic carbocycles. The van der Waals surface area contributed by atoms with Crippen molar-refractivity contribution in [3.05, 3.63) is 77.8 Å². The molecule has 7 rings (SSSR count). The van der Waals surface area contributed by atoms with E-state index < -0.39 is 19.7 Å². The van der Waals surface area contributed by atoms with Gasteiger partial charge in [-0.05, 0) is 61.9 Å². The Balaban J connectivity index is 1.16. The Morgan fingerprint density at radius 2 is 1.52 bits per heavy atom. The molecule has 0 spiro atoms. The Morgan fingerprint density at radius 3 is 2.04 bits per heavy atom. The van der Waals surface area contributed by atoms with Gasteiger partial charge in [0, 0.05) is 31.3 Å². The molecule has 2 bridgehead atoms. The number of anilines is 1. The summed E-state index contributed by atoms with van der Waals surface area (Å²) < 4.78 is 35.2. The molecule has 2 atom stereocenters. The number of piperazine rings is 1. The third-order valence-electron chi connectivity index (χ3n) is 10.9. The van der Waals surface area contributed by atoms with Crippen LogP contribution in [0.1, 0.15) is 73.6 Å². The maximum Gasteiger partial charge on any atom is 0.410 e. The molecule has 3 fully saturated rings. The van der Waals surface area contributed by atoms with E-state index in [4.69, 9.17) is 30.5 Å². The lowest BCUT2D eigenvalue weighted by atomic mass is 9.70. The number of nitrogens with zero attached hydrogens (tertiary/aromatic N) is 5. The highest BCUT2D eigenvalue weighted by Gasteiger charge is 2.52. The molecule has 1 aliphatic carbocycles. The SMILES string of the molecule is CC(C)(C)OC(=O)N1C2CCC1CN(c1nc(OCC3(CO[Si](c4ccccc4)(c4ccccc4)C(C)(C)C)CCC3)nc3c(F)c(Cl)ncc13)C2. The second-order valence-electron chi connectivity index (χ2n) is 16.7. The van der Waals surface area contributed by atoms with Gasteiger partial charge in [0.2, 0.25) is 0 Å². The first-order valence-corrected chi connectivity index (χ1v) is 20.6. The van der Waals surface area contributed by atoms with Gasteiger partial charge in [0.15, 0.2) is 11.0 Å². The number of hydrogen-bond acceptors (Lipinski definition) is 8. The fourth-order valence-corrected chi connectivity index (χ4v) is 13.1. The van der Waals surface area contributed by atoms with Gasteiger partial charge in [0.25, 0.3) is 8.32 Å². The minimum atomic E-state index is -2.77. The summed E-state index contributed by atoms with van der Waals surface area (Å²) >= 11 is 6.17. The van der Waals surface area contributed by atoms with Crippen molar-refractivity contribution in [3.63, 3.8) is 0 Å². The average molecular weight is 746 g/mol. The van der Waals surface area contributed by atoms with Crippen molar-refractivity contribution in [3.8, 4) is 6.01 Å². The van der Waals surface area contributed by atoms with Crippen molar-refractivity contribution in [2.75, 3.05) is 31.2 Å². The van der Waals surface area contributed by atoms with Crippen LogP contribution in [0.2, 0.25) is 10.2 Å². The minimum absolute atomic E-state index is 0.0631. The van der Waals surface area contributed by atoms with Crippen molar-refractivity contribution >= 4 is 53.1 Å². The summed E-state index contributed by atoms with van der Waals surface area (Å²) in [7, 11) is -2.77. The largest absolute Gasteiger partial charge is 0.463 e. The fourth-order valence-electron chi connectivity index (χ4n) is 8.24. The summed E-state index contributed by atoms with van der Waals surface area (Å²) in [5.41, 5.74) is -0.778. The first-order valence-electron chi connectivity index (χ1n) is 18.4. The lowest BCUT2D eigenvalue weighted by Gasteiger charge is -2.48. The number of carbonyl (C=O) groups is 1. The molecule has 2 aliphatic heterocycles. The molecule has 1 amide bonds. The standard InChI is InChI=1S/C40H49ClFN5O4Si/c1-38(2,3)51-37(48)47-27-18-19-28(47)24-46(23-27)35-31-22-43-34(41)32(42)33(31)44-36(45-35)49-25-40(20-13-21-40)26-50-52(39(4,5)6,29-14-9-7-10-15-29)30-16-11-8-12-17-30/h7-12,14-17,22,27-28H,13,18-21,23-26H2,1-6H3. The van der Waals surface area contributed by atoms with Crippen LogP contribution in [-0.2, 0) is 9.16 Å². The number of fused-ring (bicyclic) bond motifs is 3. The van der Waals surface area contributed by atoms with Crippen LogP contribution in [0, 0.1) is 11.2 Å². The van der Waals surface area contributed by atoms with Crippen LogP contribution in [-0.4, -0.2) is 78.3 Å². The predicted molar refractivity (Wildman–Crippen MR) is 205 cm³/mol. The predicted octanol–water partition coefficient (Wildman–Crippen LogP) is 7.53. The number of pyridine rings is 1. The molecule has 9 nitrogen and oxygen atoms in total. The molecule has 12 heteroatoms. The van der Waals surface area contributed by atoms with E-state index >= 15 is 4.39 Å². The summed E-state index contributed by atoms with van der Waals surface area (Å²) in [4.78, 5) is 30.7. The Kier molecular flexibility index (Phi) is 9.75. The van der Waals surface area contributed by atoms with E-state index in [0.29, 0.717) is 37.5 Å². The molecule has 52 heavy (non-hydrogen) atoms. The third-order valence-corrected chi connectivity index (χ3v) is 16.2. The number of benzene rings is 2. The molecular weight excluding hydrogens is 697 g/mol. The first kappa shape index (κ1) is 36.6. The second kappa shape index (κ2) is 13.9. The van der Waals surface area contributed by atoms with Gasteiger partial charge in [-0.1, -0.05) is 99.5 Å². The number of hydrogen-bond donors (Lipinski definition) is 0. The number of ether oxygens (including phenoxy) is 2. The fraction of sp³-hybridized carbons (Fsp3) is 0.500. The molecule has 0 N–H and O–H groups in total. The Morgan fingerprint density at radius 1 is 0.923 bits per heavy atom. The first-order chi connectivity index (χ1) is 24.7. The van der Waals surface area contributed by atoms with Gasteiger partial charge >= 0.3 is 12.1 Å². The van der Waals surface area contributed by atoms with Crippen molar-refractivity contribution in [2.24, 2.45) is 5.41 Å². The van der Waals surface area contributed by atoms with E-state index in [1.807, 2.05) is 37.8 Å². The van der Waals surface area contributed by atoms with E-state index in [-0.39, 0.29) is 45.3 Å². The van der Waals surface area contributed by atoms with Gasteiger partial charge in [-0.3, -0.25) is 4.90 Å². The minimum Gasteiger partial charge on any atom is -0.463 e. The van der Waals surface area contributed by atoms with E-state index in [2.05, 4.69) is 84.2 Å². The number of halogens is 2. The average Bonchev–Trinajstić information content (AvgIpc) is 3.36. The van der Waals surface area contributed by atoms with Crippen LogP contribution in [0.25, 0.3) is 10.9 Å². The molecule has 4 heterocycles. The van der Waals surface area contributed by atoms with Gasteiger partial charge in [0.05, 0.1) is 24.1 Å². The molecule has 3 aliphatic rings. The topological polar surface area (TPSA) is 89.9 Å². The molecule has 2 unspecified atom stereocenters. The Labute approximate surface area is 312 Å². The second-order valence-corrected chi connectivity index (χ2v) is 21.4. The lowest BCUT2D eigenvalue weighted by molar-refractivity contribution is 0.00330. The highest BCUT2D eigenvalue weighted by atomic mass is 35.5. The molecule has 1 saturated carbocycles. The van der Waals surface area contributed by atoms with Crippen molar-refractivity contribution in [1.29, 1.82) is 0 Å². The van der Waals surface area contributed by atoms with E-state index in [9.17, 15) is 4.79 Å². The summed E-state index contributed by atoms with van der Waals surface area (Å²) in [6, 6.07) is 21.2. The van der Waals surface area contributed by atoms with Gasteiger partial charge in [-0.15, -0.1) is 0 Å². The number of aromatic nitrogens is 3. The Hall–Kier alpha value is -3.80. The quantitative estimate of drug-likeness (QED) is 0.128. The van der Waals surface area contributed by atoms with E-state index in [0.717, 1.165) is 32.1 Å². The summed E-state index contributed by atoms with van der Waals surface area (Å²) in [5, 5.41) is 2.50. The normalized spacial score (nSPS) is 20.2. The van der Waals surface area contributed by atoms with E-state index in [1.165, 1.54) is 16.6 Å². The van der Waals surface area contributed by atoms with Crippen molar-refractivity contribution in [1.82, 2.24) is 19.9 Å². The van der Waals surface area contributed by atoms with Gasteiger partial charge in [0.1, 0.15) is 16.9 Å². The smallest absolute Gasteiger partial charge is 0.410 e. The molecule has 2 saturated heterocycles. The molecule has 4 aromatic rings. The summed E-state index contributed by atoms with van der Waals surface area (Å²) in [6.07, 6.45) is 5.85. The van der Waals surface area contributed by atoms with Crippen LogP contribution in [0.5, 0.6) is 6.01 Å². The molecule has 0 radical (unpaired) electrons. The summed E-state index contributed by atoms with van der Waals surface area (Å²) in [6.45, 7) is 14.3. The molecular formula is C40H49ClFN5O4Si.